The zero-order valence-electron chi connectivity index (χ0n) is 5.96. The molecule has 0 saturated heterocycles. The second-order valence-corrected chi connectivity index (χ2v) is 2.51. The van der Waals surface area contributed by atoms with Crippen LogP contribution in [0.4, 0.5) is 0 Å². The van der Waals surface area contributed by atoms with E-state index in [4.69, 9.17) is 11.6 Å². The predicted molar refractivity (Wildman–Crippen MR) is 45.9 cm³/mol. The molecule has 0 N–H and O–H groups in total. The van der Waals surface area contributed by atoms with Crippen molar-refractivity contribution >= 4 is 11.6 Å². The number of allylic oxidation sites excluding steroid dienone is 1. The monoisotopic (exact) mass is 169 g/mol. The smallest absolute Gasteiger partial charge is 0.183 e. The zero-order chi connectivity index (χ0) is 8.27. The Morgan fingerprint density at radius 2 is 2.45 bits per heavy atom. The highest BCUT2D eigenvalue weighted by Crippen LogP contribution is 2.03. The van der Waals surface area contributed by atoms with E-state index < -0.39 is 0 Å². The van der Waals surface area contributed by atoms with Crippen LogP contribution in [0.2, 0.25) is 5.15 Å². The van der Waals surface area contributed by atoms with Crippen molar-refractivity contribution < 1.29 is 0 Å². The average Bonchev–Trinajstić information content (AvgIpc) is 1.95. The number of pyridine rings is 1. The first kappa shape index (κ1) is 8.08. The molecule has 1 aromatic rings. The molecule has 2 nitrogen and oxygen atoms in total. The van der Waals surface area contributed by atoms with Crippen LogP contribution in [0, 0.1) is 0 Å². The third kappa shape index (κ3) is 1.95. The van der Waals surface area contributed by atoms with E-state index in [-0.39, 0.29) is 5.43 Å². The molecule has 0 aliphatic carbocycles. The van der Waals surface area contributed by atoms with Gasteiger partial charge in [0, 0.05) is 24.9 Å². The fraction of sp³-hybridized carbons (Fsp3) is 0.125. The van der Waals surface area contributed by atoms with Crippen LogP contribution >= 0.6 is 11.6 Å². The molecular weight excluding hydrogens is 162 g/mol. The second-order valence-electron chi connectivity index (χ2n) is 2.13. The van der Waals surface area contributed by atoms with E-state index in [0.29, 0.717) is 11.7 Å². The molecule has 0 aliphatic rings. The Bertz CT molecular complexity index is 316. The molecule has 0 unspecified atom stereocenters. The van der Waals surface area contributed by atoms with Gasteiger partial charge in [-0.15, -0.1) is 6.58 Å². The van der Waals surface area contributed by atoms with E-state index in [9.17, 15) is 4.79 Å². The molecule has 3 heteroatoms. The highest BCUT2D eigenvalue weighted by molar-refractivity contribution is 6.29. The second kappa shape index (κ2) is 3.39. The van der Waals surface area contributed by atoms with E-state index >= 15 is 0 Å². The largest absolute Gasteiger partial charge is 0.335 e. The Balaban J connectivity index is 3.08. The van der Waals surface area contributed by atoms with Crippen molar-refractivity contribution in [3.05, 3.63) is 46.4 Å². The van der Waals surface area contributed by atoms with E-state index in [2.05, 4.69) is 6.58 Å². The predicted octanol–water partition coefficient (Wildman–Crippen LogP) is 1.69. The van der Waals surface area contributed by atoms with Gasteiger partial charge in [-0.1, -0.05) is 17.7 Å². The summed E-state index contributed by atoms with van der Waals surface area (Å²) in [4.78, 5) is 10.7. The maximum absolute atomic E-state index is 10.7. The van der Waals surface area contributed by atoms with Crippen molar-refractivity contribution in [2.75, 3.05) is 0 Å². The Hall–Kier alpha value is -1.02. The Kier molecular flexibility index (Phi) is 2.49. The highest BCUT2D eigenvalue weighted by Gasteiger charge is 1.93. The van der Waals surface area contributed by atoms with E-state index in [0.717, 1.165) is 0 Å². The van der Waals surface area contributed by atoms with Gasteiger partial charge in [0.25, 0.3) is 0 Å². The lowest BCUT2D eigenvalue weighted by molar-refractivity contribution is 0.813. The van der Waals surface area contributed by atoms with Gasteiger partial charge in [-0.3, -0.25) is 4.79 Å². The number of halogens is 1. The number of rotatable bonds is 2. The lowest BCUT2D eigenvalue weighted by Gasteiger charge is -2.03. The van der Waals surface area contributed by atoms with Crippen LogP contribution < -0.4 is 5.43 Å². The molecule has 58 valence electrons. The third-order valence-electron chi connectivity index (χ3n) is 1.28. The van der Waals surface area contributed by atoms with Crippen molar-refractivity contribution in [3.63, 3.8) is 0 Å². The minimum Gasteiger partial charge on any atom is -0.335 e. The quantitative estimate of drug-likeness (QED) is 0.488. The maximum Gasteiger partial charge on any atom is 0.183 e. The van der Waals surface area contributed by atoms with Gasteiger partial charge >= 0.3 is 0 Å². The first-order valence-corrected chi connectivity index (χ1v) is 3.58. The summed E-state index contributed by atoms with van der Waals surface area (Å²) in [6, 6.07) is 2.85. The molecule has 1 aromatic heterocycles. The Labute approximate surface area is 69.7 Å². The van der Waals surface area contributed by atoms with Crippen LogP contribution in [0.25, 0.3) is 0 Å². The van der Waals surface area contributed by atoms with Crippen LogP contribution in [-0.4, -0.2) is 4.57 Å². The van der Waals surface area contributed by atoms with Crippen molar-refractivity contribution in [1.82, 2.24) is 4.57 Å². The Morgan fingerprint density at radius 3 is 3.00 bits per heavy atom. The summed E-state index contributed by atoms with van der Waals surface area (Å²) in [5, 5.41) is 0.442. The number of aromatic nitrogens is 1. The Morgan fingerprint density at radius 1 is 1.73 bits per heavy atom. The van der Waals surface area contributed by atoms with E-state index in [1.165, 1.54) is 12.1 Å². The first-order chi connectivity index (χ1) is 5.24. The summed E-state index contributed by atoms with van der Waals surface area (Å²) in [5.74, 6) is 0. The van der Waals surface area contributed by atoms with Gasteiger partial charge in [0.2, 0.25) is 0 Å². The first-order valence-electron chi connectivity index (χ1n) is 3.21. The van der Waals surface area contributed by atoms with Crippen LogP contribution in [-0.2, 0) is 6.54 Å². The van der Waals surface area contributed by atoms with Crippen LogP contribution in [0.15, 0.2) is 35.8 Å². The normalized spacial score (nSPS) is 9.55. The van der Waals surface area contributed by atoms with Crippen molar-refractivity contribution in [1.29, 1.82) is 0 Å². The molecule has 0 fully saturated rings. The molecule has 0 saturated carbocycles. The number of nitrogens with zero attached hydrogens (tertiary/aromatic N) is 1. The number of hydrogen-bond donors (Lipinski definition) is 0. The lowest BCUT2D eigenvalue weighted by Crippen LogP contribution is -2.04. The molecule has 0 radical (unpaired) electrons. The molecule has 0 atom stereocenters. The van der Waals surface area contributed by atoms with Gasteiger partial charge in [-0.25, -0.2) is 0 Å². The topological polar surface area (TPSA) is 22.0 Å². The lowest BCUT2D eigenvalue weighted by atomic mass is 10.4. The fourth-order valence-corrected chi connectivity index (χ4v) is 1.00. The molecule has 0 aromatic carbocycles. The van der Waals surface area contributed by atoms with Crippen LogP contribution in [0.1, 0.15) is 0 Å². The molecule has 0 bridgehead atoms. The molecule has 0 aliphatic heterocycles. The summed E-state index contributed by atoms with van der Waals surface area (Å²) in [7, 11) is 0. The molecule has 0 spiro atoms. The van der Waals surface area contributed by atoms with Crippen molar-refractivity contribution in [2.45, 2.75) is 6.54 Å². The standard InChI is InChI=1S/C8H8ClNO/c1-2-4-10-5-3-7(11)6-8(10)9/h2-3,5-6H,1,4H2. The average molecular weight is 170 g/mol. The molecule has 11 heavy (non-hydrogen) atoms. The summed E-state index contributed by atoms with van der Waals surface area (Å²) < 4.78 is 1.73. The number of hydrogen-bond acceptors (Lipinski definition) is 1. The van der Waals surface area contributed by atoms with Gasteiger partial charge in [0.1, 0.15) is 5.15 Å². The summed E-state index contributed by atoms with van der Waals surface area (Å²) in [5.41, 5.74) is -0.0738. The maximum atomic E-state index is 10.7. The molecular formula is C8H8ClNO. The van der Waals surface area contributed by atoms with E-state index in [1.54, 1.807) is 16.8 Å². The SMILES string of the molecule is C=CCn1ccc(=O)cc1Cl. The summed E-state index contributed by atoms with van der Waals surface area (Å²) in [6.07, 6.45) is 3.36. The molecule has 0 amide bonds. The highest BCUT2D eigenvalue weighted by atomic mass is 35.5. The third-order valence-corrected chi connectivity index (χ3v) is 1.61. The molecule has 1 rings (SSSR count). The molecule has 1 heterocycles. The van der Waals surface area contributed by atoms with Crippen molar-refractivity contribution in [3.8, 4) is 0 Å². The van der Waals surface area contributed by atoms with Gasteiger partial charge in [-0.05, 0) is 0 Å². The van der Waals surface area contributed by atoms with Gasteiger partial charge < -0.3 is 4.57 Å². The van der Waals surface area contributed by atoms with Gasteiger partial charge in [0.05, 0.1) is 0 Å². The minimum absolute atomic E-state index is 0.0738. The van der Waals surface area contributed by atoms with Gasteiger partial charge in [0.15, 0.2) is 5.43 Å². The fourth-order valence-electron chi connectivity index (χ4n) is 0.770. The zero-order valence-corrected chi connectivity index (χ0v) is 6.71. The van der Waals surface area contributed by atoms with E-state index in [1.807, 2.05) is 0 Å². The van der Waals surface area contributed by atoms with Gasteiger partial charge in [-0.2, -0.15) is 0 Å². The van der Waals surface area contributed by atoms with Crippen LogP contribution in [0.3, 0.4) is 0 Å². The van der Waals surface area contributed by atoms with Crippen molar-refractivity contribution in [2.24, 2.45) is 0 Å². The van der Waals surface area contributed by atoms with Crippen LogP contribution in [0.5, 0.6) is 0 Å². The minimum atomic E-state index is -0.0738. The summed E-state index contributed by atoms with van der Waals surface area (Å²) >= 11 is 5.72. The summed E-state index contributed by atoms with van der Waals surface area (Å²) in [6.45, 7) is 4.19.